The van der Waals surface area contributed by atoms with Gasteiger partial charge in [-0.3, -0.25) is 4.79 Å². The van der Waals surface area contributed by atoms with Gasteiger partial charge in [-0.1, -0.05) is 35.9 Å². The lowest BCUT2D eigenvalue weighted by molar-refractivity contribution is -0.135. The van der Waals surface area contributed by atoms with Gasteiger partial charge in [0.1, 0.15) is 0 Å². The van der Waals surface area contributed by atoms with E-state index in [2.05, 4.69) is 30.3 Å². The Kier molecular flexibility index (Phi) is 5.85. The minimum Gasteiger partial charge on any atom is -0.385 e. The van der Waals surface area contributed by atoms with Gasteiger partial charge in [0.25, 0.3) is 0 Å². The maximum atomic E-state index is 12.7. The molecular formula is C22H26ClN3O. The number of carbonyl (C=O) groups excluding carboxylic acids is 1. The highest BCUT2D eigenvalue weighted by molar-refractivity contribution is 6.31. The molecule has 0 saturated heterocycles. The van der Waals surface area contributed by atoms with Crippen molar-refractivity contribution in [2.75, 3.05) is 11.9 Å². The number of hydrogen-bond acceptors (Lipinski definition) is 3. The molecule has 0 spiro atoms. The van der Waals surface area contributed by atoms with Crippen molar-refractivity contribution in [2.45, 2.75) is 45.6 Å². The molecule has 0 fully saturated rings. The summed E-state index contributed by atoms with van der Waals surface area (Å²) in [4.78, 5) is 12.7. The number of anilines is 1. The van der Waals surface area contributed by atoms with Gasteiger partial charge in [0, 0.05) is 30.1 Å². The molecule has 0 atom stereocenters. The Morgan fingerprint density at radius 1 is 1.22 bits per heavy atom. The van der Waals surface area contributed by atoms with Gasteiger partial charge in [0.05, 0.1) is 11.3 Å². The lowest BCUT2D eigenvalue weighted by Gasteiger charge is -2.28. The van der Waals surface area contributed by atoms with Gasteiger partial charge in [-0.05, 0) is 62.6 Å². The molecular weight excluding hydrogens is 358 g/mol. The second-order valence-corrected chi connectivity index (χ2v) is 8.09. The van der Waals surface area contributed by atoms with Gasteiger partial charge in [0.15, 0.2) is 0 Å². The Morgan fingerprint density at radius 3 is 2.67 bits per heavy atom. The summed E-state index contributed by atoms with van der Waals surface area (Å²) in [5, 5.41) is 10.3. The van der Waals surface area contributed by atoms with Gasteiger partial charge in [-0.25, -0.2) is 5.01 Å². The maximum absolute atomic E-state index is 12.7. The van der Waals surface area contributed by atoms with Crippen molar-refractivity contribution in [2.24, 2.45) is 5.10 Å². The van der Waals surface area contributed by atoms with Crippen molar-refractivity contribution in [3.05, 3.63) is 64.7 Å². The molecule has 0 bridgehead atoms. The number of aryl methyl sites for hydroxylation is 1. The third kappa shape index (κ3) is 4.89. The summed E-state index contributed by atoms with van der Waals surface area (Å²) in [7, 11) is 0. The molecule has 0 radical (unpaired) electrons. The highest BCUT2D eigenvalue weighted by atomic mass is 35.5. The maximum Gasteiger partial charge on any atom is 0.243 e. The SMILES string of the molecule is Cc1cc(Cl)cc(C2=NN(C(=O)CCCNc3ccccc3)C(C)(C)C2)c1. The molecule has 0 aromatic heterocycles. The zero-order valence-corrected chi connectivity index (χ0v) is 16.9. The zero-order valence-electron chi connectivity index (χ0n) is 16.1. The summed E-state index contributed by atoms with van der Waals surface area (Å²) >= 11 is 6.19. The number of nitrogens with zero attached hydrogens (tertiary/aromatic N) is 2. The Hall–Kier alpha value is -2.33. The molecule has 0 aliphatic carbocycles. The minimum absolute atomic E-state index is 0.0589. The summed E-state index contributed by atoms with van der Waals surface area (Å²) in [6.45, 7) is 6.88. The third-order valence-corrected chi connectivity index (χ3v) is 4.89. The van der Waals surface area contributed by atoms with Crippen molar-refractivity contribution >= 4 is 28.9 Å². The molecule has 142 valence electrons. The average molecular weight is 384 g/mol. The number of hydrogen-bond donors (Lipinski definition) is 1. The van der Waals surface area contributed by atoms with E-state index in [0.717, 1.165) is 41.9 Å². The van der Waals surface area contributed by atoms with Crippen molar-refractivity contribution in [3.63, 3.8) is 0 Å². The van der Waals surface area contributed by atoms with Gasteiger partial charge in [-0.2, -0.15) is 5.10 Å². The second kappa shape index (κ2) is 8.13. The summed E-state index contributed by atoms with van der Waals surface area (Å²) in [6.07, 6.45) is 1.96. The summed E-state index contributed by atoms with van der Waals surface area (Å²) in [6, 6.07) is 15.9. The number of carbonyl (C=O) groups is 1. The predicted octanol–water partition coefficient (Wildman–Crippen LogP) is 5.26. The van der Waals surface area contributed by atoms with Crippen LogP contribution in [0.5, 0.6) is 0 Å². The van der Waals surface area contributed by atoms with Crippen LogP contribution in [-0.2, 0) is 4.79 Å². The van der Waals surface area contributed by atoms with E-state index in [9.17, 15) is 4.79 Å². The van der Waals surface area contributed by atoms with Crippen molar-refractivity contribution in [1.82, 2.24) is 5.01 Å². The highest BCUT2D eigenvalue weighted by Crippen LogP contribution is 2.31. The van der Waals surface area contributed by atoms with Crippen LogP contribution in [-0.4, -0.2) is 28.7 Å². The molecule has 27 heavy (non-hydrogen) atoms. The Bertz CT molecular complexity index is 826. The Labute approximate surface area is 166 Å². The molecule has 0 saturated carbocycles. The van der Waals surface area contributed by atoms with E-state index in [-0.39, 0.29) is 11.4 Å². The fourth-order valence-corrected chi connectivity index (χ4v) is 3.66. The molecule has 0 unspecified atom stereocenters. The van der Waals surface area contributed by atoms with E-state index >= 15 is 0 Å². The zero-order chi connectivity index (χ0) is 19.4. The first-order valence-electron chi connectivity index (χ1n) is 9.32. The topological polar surface area (TPSA) is 44.7 Å². The van der Waals surface area contributed by atoms with Crippen LogP contribution in [0.25, 0.3) is 0 Å². The van der Waals surface area contributed by atoms with E-state index in [4.69, 9.17) is 11.6 Å². The molecule has 4 nitrogen and oxygen atoms in total. The molecule has 1 aliphatic heterocycles. The van der Waals surface area contributed by atoms with Crippen LogP contribution >= 0.6 is 11.6 Å². The quantitative estimate of drug-likeness (QED) is 0.692. The molecule has 2 aromatic rings. The van der Waals surface area contributed by atoms with E-state index in [1.807, 2.05) is 49.4 Å². The fraction of sp³-hybridized carbons (Fsp3) is 0.364. The molecule has 1 aliphatic rings. The van der Waals surface area contributed by atoms with Crippen molar-refractivity contribution in [3.8, 4) is 0 Å². The summed E-state index contributed by atoms with van der Waals surface area (Å²) < 4.78 is 0. The highest BCUT2D eigenvalue weighted by Gasteiger charge is 2.38. The standard InChI is InChI=1S/C22H26ClN3O/c1-16-12-17(14-18(23)13-16)20-15-22(2,3)26(25-20)21(27)10-7-11-24-19-8-5-4-6-9-19/h4-6,8-9,12-14,24H,7,10-11,15H2,1-3H3. The molecule has 1 heterocycles. The normalized spacial score (nSPS) is 15.6. The van der Waals surface area contributed by atoms with Crippen molar-refractivity contribution in [1.29, 1.82) is 0 Å². The summed E-state index contributed by atoms with van der Waals surface area (Å²) in [5.74, 6) is 0.0589. The van der Waals surface area contributed by atoms with E-state index in [1.165, 1.54) is 0 Å². The largest absolute Gasteiger partial charge is 0.385 e. The number of para-hydroxylation sites is 1. The number of rotatable bonds is 6. The molecule has 1 N–H and O–H groups in total. The van der Waals surface area contributed by atoms with Crippen LogP contribution in [0.3, 0.4) is 0 Å². The van der Waals surface area contributed by atoms with Crippen LogP contribution in [0, 0.1) is 6.92 Å². The van der Waals surface area contributed by atoms with E-state index in [0.29, 0.717) is 11.4 Å². The molecule has 3 rings (SSSR count). The van der Waals surface area contributed by atoms with Gasteiger partial charge < -0.3 is 5.32 Å². The van der Waals surface area contributed by atoms with Crippen molar-refractivity contribution < 1.29 is 4.79 Å². The average Bonchev–Trinajstić information content (AvgIpc) is 2.94. The predicted molar refractivity (Wildman–Crippen MR) is 112 cm³/mol. The molecule has 5 heteroatoms. The van der Waals surface area contributed by atoms with Crippen LogP contribution in [0.4, 0.5) is 5.69 Å². The van der Waals surface area contributed by atoms with Crippen LogP contribution in [0.15, 0.2) is 53.6 Å². The lowest BCUT2D eigenvalue weighted by atomic mass is 9.94. The first kappa shape index (κ1) is 19.4. The third-order valence-electron chi connectivity index (χ3n) is 4.68. The van der Waals surface area contributed by atoms with Gasteiger partial charge in [-0.15, -0.1) is 0 Å². The van der Waals surface area contributed by atoms with E-state index in [1.54, 1.807) is 5.01 Å². The number of nitrogens with one attached hydrogen (secondary N) is 1. The fourth-order valence-electron chi connectivity index (χ4n) is 3.37. The van der Waals surface area contributed by atoms with E-state index < -0.39 is 0 Å². The second-order valence-electron chi connectivity index (χ2n) is 7.66. The van der Waals surface area contributed by atoms with Gasteiger partial charge >= 0.3 is 0 Å². The molecule has 1 amide bonds. The lowest BCUT2D eigenvalue weighted by Crippen LogP contribution is -2.40. The summed E-state index contributed by atoms with van der Waals surface area (Å²) in [5.41, 5.74) is 3.75. The first-order valence-corrected chi connectivity index (χ1v) is 9.70. The first-order chi connectivity index (χ1) is 12.8. The van der Waals surface area contributed by atoms with Crippen LogP contribution in [0.2, 0.25) is 5.02 Å². The number of benzene rings is 2. The van der Waals surface area contributed by atoms with Gasteiger partial charge in [0.2, 0.25) is 5.91 Å². The van der Waals surface area contributed by atoms with Crippen LogP contribution < -0.4 is 5.32 Å². The Balaban J connectivity index is 1.62. The molecule has 2 aromatic carbocycles. The number of hydrazone groups is 1. The number of amides is 1. The minimum atomic E-state index is -0.324. The Morgan fingerprint density at radius 2 is 1.96 bits per heavy atom. The number of halogens is 1. The van der Waals surface area contributed by atoms with Crippen LogP contribution in [0.1, 0.15) is 44.2 Å². The smallest absolute Gasteiger partial charge is 0.243 e. The monoisotopic (exact) mass is 383 g/mol.